The predicted molar refractivity (Wildman–Crippen MR) is 105 cm³/mol. The number of likely N-dealkylation sites (tertiary alicyclic amines) is 2. The van der Waals surface area contributed by atoms with Crippen molar-refractivity contribution in [2.75, 3.05) is 32.7 Å². The van der Waals surface area contributed by atoms with E-state index in [1.807, 2.05) is 17.0 Å². The van der Waals surface area contributed by atoms with Gasteiger partial charge in [0.2, 0.25) is 0 Å². The molecule has 1 aromatic rings. The molecule has 4 heterocycles. The van der Waals surface area contributed by atoms with Gasteiger partial charge in [-0.15, -0.1) is 11.3 Å². The van der Waals surface area contributed by atoms with Gasteiger partial charge in [0.05, 0.1) is 23.1 Å². The zero-order valence-corrected chi connectivity index (χ0v) is 16.9. The fourth-order valence-electron chi connectivity index (χ4n) is 4.53. The molecule has 3 aliphatic rings. The highest BCUT2D eigenvalue weighted by Crippen LogP contribution is 2.37. The summed E-state index contributed by atoms with van der Waals surface area (Å²) < 4.78 is 6.59. The maximum Gasteiger partial charge on any atom is 0.290 e. The number of hydrogen-bond donors (Lipinski definition) is 1. The maximum atomic E-state index is 12.7. The molecule has 0 aliphatic carbocycles. The number of carbonyl (C=O) groups excluding carboxylic acids is 1. The first-order chi connectivity index (χ1) is 13.0. The Morgan fingerprint density at radius 2 is 2.04 bits per heavy atom. The highest BCUT2D eigenvalue weighted by Gasteiger charge is 2.44. The quantitative estimate of drug-likeness (QED) is 0.798. The summed E-state index contributed by atoms with van der Waals surface area (Å²) in [5.41, 5.74) is -0.0788. The third-order valence-corrected chi connectivity index (χ3v) is 6.78. The van der Waals surface area contributed by atoms with Crippen LogP contribution in [0.3, 0.4) is 0 Å². The molecular formula is C20H30N2O4S. The average Bonchev–Trinajstić information content (AvgIpc) is 3.38. The van der Waals surface area contributed by atoms with Crippen molar-refractivity contribution < 1.29 is 19.4 Å². The molecule has 4 rings (SSSR count). The highest BCUT2D eigenvalue weighted by atomic mass is 32.1. The summed E-state index contributed by atoms with van der Waals surface area (Å²) in [6.45, 7) is 6.97. The lowest BCUT2D eigenvalue weighted by molar-refractivity contribution is -0.126. The molecule has 2 atom stereocenters. The number of amides is 1. The second kappa shape index (κ2) is 9.17. The van der Waals surface area contributed by atoms with Crippen molar-refractivity contribution in [2.24, 2.45) is 0 Å². The van der Waals surface area contributed by atoms with Gasteiger partial charge in [-0.2, -0.15) is 0 Å². The Kier molecular flexibility index (Phi) is 6.89. The van der Waals surface area contributed by atoms with Crippen LogP contribution < -0.4 is 0 Å². The number of hydrogen-bond acceptors (Lipinski definition) is 5. The van der Waals surface area contributed by atoms with E-state index in [2.05, 4.69) is 11.8 Å². The summed E-state index contributed by atoms with van der Waals surface area (Å²) in [7, 11) is 0. The van der Waals surface area contributed by atoms with Crippen LogP contribution in [-0.4, -0.2) is 71.7 Å². The number of rotatable bonds is 3. The summed E-state index contributed by atoms with van der Waals surface area (Å²) >= 11 is 1.60. The summed E-state index contributed by atoms with van der Waals surface area (Å²) in [4.78, 5) is 27.7. The Morgan fingerprint density at radius 3 is 2.70 bits per heavy atom. The Labute approximate surface area is 165 Å². The first kappa shape index (κ1) is 20.3. The van der Waals surface area contributed by atoms with E-state index in [-0.39, 0.29) is 18.0 Å². The average molecular weight is 395 g/mol. The Morgan fingerprint density at radius 1 is 1.30 bits per heavy atom. The first-order valence-electron chi connectivity index (χ1n) is 9.89. The third kappa shape index (κ3) is 5.09. The SMILES string of the molecule is Cc1ccc(C(=O)N2CC[C@]3(CCC[C@@H](CN4CCCC4)O3)C2)s1.O=CO. The van der Waals surface area contributed by atoms with Crippen molar-refractivity contribution in [3.8, 4) is 0 Å². The highest BCUT2D eigenvalue weighted by molar-refractivity contribution is 7.13. The zero-order chi connectivity index (χ0) is 19.3. The van der Waals surface area contributed by atoms with Crippen LogP contribution in [0.4, 0.5) is 0 Å². The van der Waals surface area contributed by atoms with E-state index in [1.54, 1.807) is 11.3 Å². The van der Waals surface area contributed by atoms with Gasteiger partial charge in [-0.3, -0.25) is 9.59 Å². The monoisotopic (exact) mass is 394 g/mol. The summed E-state index contributed by atoms with van der Waals surface area (Å²) in [5.74, 6) is 0.190. The number of ether oxygens (including phenoxy) is 1. The minimum absolute atomic E-state index is 0.0788. The van der Waals surface area contributed by atoms with Gasteiger partial charge < -0.3 is 19.6 Å². The number of aryl methyl sites for hydroxylation is 1. The summed E-state index contributed by atoms with van der Waals surface area (Å²) in [5, 5.41) is 6.89. The third-order valence-electron chi connectivity index (χ3n) is 5.79. The Bertz CT molecular complexity index is 644. The molecule has 3 aliphatic heterocycles. The topological polar surface area (TPSA) is 70.1 Å². The molecule has 0 saturated carbocycles. The Balaban J connectivity index is 0.000000659. The summed E-state index contributed by atoms with van der Waals surface area (Å²) in [6.07, 6.45) is 7.54. The van der Waals surface area contributed by atoms with Crippen LogP contribution in [0.15, 0.2) is 12.1 Å². The molecule has 0 bridgehead atoms. The van der Waals surface area contributed by atoms with Crippen LogP contribution in [0, 0.1) is 6.92 Å². The minimum Gasteiger partial charge on any atom is -0.483 e. The molecule has 7 heteroatoms. The molecule has 150 valence electrons. The lowest BCUT2D eigenvalue weighted by Crippen LogP contribution is -2.47. The Hall–Kier alpha value is -1.44. The predicted octanol–water partition coefficient (Wildman–Crippen LogP) is 3.01. The molecule has 1 N–H and O–H groups in total. The van der Waals surface area contributed by atoms with Crippen LogP contribution >= 0.6 is 11.3 Å². The minimum atomic E-state index is -0.250. The van der Waals surface area contributed by atoms with Crippen molar-refractivity contribution in [1.29, 1.82) is 0 Å². The lowest BCUT2D eigenvalue weighted by Gasteiger charge is -2.40. The van der Waals surface area contributed by atoms with Crippen molar-refractivity contribution in [3.63, 3.8) is 0 Å². The van der Waals surface area contributed by atoms with E-state index in [0.717, 1.165) is 37.4 Å². The largest absolute Gasteiger partial charge is 0.483 e. The van der Waals surface area contributed by atoms with Crippen molar-refractivity contribution in [3.05, 3.63) is 21.9 Å². The second-order valence-electron chi connectivity index (χ2n) is 7.82. The van der Waals surface area contributed by atoms with E-state index < -0.39 is 0 Å². The van der Waals surface area contributed by atoms with E-state index in [1.165, 1.54) is 43.6 Å². The van der Waals surface area contributed by atoms with E-state index in [0.29, 0.717) is 6.10 Å². The van der Waals surface area contributed by atoms with Gasteiger partial charge in [0.25, 0.3) is 12.4 Å². The van der Waals surface area contributed by atoms with E-state index >= 15 is 0 Å². The van der Waals surface area contributed by atoms with Gasteiger partial charge in [0.1, 0.15) is 0 Å². The molecule has 27 heavy (non-hydrogen) atoms. The molecule has 0 aromatic carbocycles. The number of nitrogens with zero attached hydrogens (tertiary/aromatic N) is 2. The van der Waals surface area contributed by atoms with Crippen molar-refractivity contribution in [1.82, 2.24) is 9.80 Å². The summed E-state index contributed by atoms with van der Waals surface area (Å²) in [6, 6.07) is 4.00. The zero-order valence-electron chi connectivity index (χ0n) is 16.1. The second-order valence-corrected chi connectivity index (χ2v) is 9.10. The van der Waals surface area contributed by atoms with Gasteiger partial charge in [-0.1, -0.05) is 0 Å². The van der Waals surface area contributed by atoms with Gasteiger partial charge >= 0.3 is 0 Å². The standard InChI is InChI=1S/C19H28N2O2S.CH2O2/c1-15-6-7-17(24-15)18(22)21-12-9-19(14-21)8-4-5-16(23-19)13-20-10-2-3-11-20;2-1-3/h6-7,16H,2-5,8-14H2,1H3;1H,(H,2,3)/t16-,19+;/m0./s1. The number of carbonyl (C=O) groups is 2. The molecule has 3 fully saturated rings. The van der Waals surface area contributed by atoms with Crippen LogP contribution in [0.5, 0.6) is 0 Å². The fourth-order valence-corrected chi connectivity index (χ4v) is 5.36. The molecular weight excluding hydrogens is 364 g/mol. The molecule has 1 spiro atoms. The number of thiophene rings is 1. The molecule has 0 unspecified atom stereocenters. The molecule has 1 amide bonds. The van der Waals surface area contributed by atoms with Crippen LogP contribution in [0.25, 0.3) is 0 Å². The van der Waals surface area contributed by atoms with Crippen LogP contribution in [-0.2, 0) is 9.53 Å². The smallest absolute Gasteiger partial charge is 0.290 e. The van der Waals surface area contributed by atoms with Gasteiger partial charge in [0, 0.05) is 18.0 Å². The molecule has 6 nitrogen and oxygen atoms in total. The van der Waals surface area contributed by atoms with Crippen LogP contribution in [0.1, 0.15) is 53.1 Å². The number of carboxylic acid groups (broad SMARTS) is 1. The molecule has 3 saturated heterocycles. The van der Waals surface area contributed by atoms with Crippen molar-refractivity contribution >= 4 is 23.7 Å². The lowest BCUT2D eigenvalue weighted by atomic mass is 9.90. The van der Waals surface area contributed by atoms with E-state index in [9.17, 15) is 4.79 Å². The first-order valence-corrected chi connectivity index (χ1v) is 10.7. The molecule has 0 radical (unpaired) electrons. The van der Waals surface area contributed by atoms with Gasteiger partial charge in [-0.05, 0) is 70.7 Å². The van der Waals surface area contributed by atoms with Crippen molar-refractivity contribution in [2.45, 2.75) is 57.2 Å². The van der Waals surface area contributed by atoms with Gasteiger partial charge in [-0.25, -0.2) is 0 Å². The van der Waals surface area contributed by atoms with E-state index in [4.69, 9.17) is 14.6 Å². The maximum absolute atomic E-state index is 12.7. The van der Waals surface area contributed by atoms with Gasteiger partial charge in [0.15, 0.2) is 0 Å². The fraction of sp³-hybridized carbons (Fsp3) is 0.700. The molecule has 1 aromatic heterocycles. The van der Waals surface area contributed by atoms with Crippen LogP contribution in [0.2, 0.25) is 0 Å². The normalized spacial score (nSPS) is 28.2.